The van der Waals surface area contributed by atoms with Gasteiger partial charge in [0, 0.05) is 12.3 Å². The van der Waals surface area contributed by atoms with Crippen LogP contribution in [0.3, 0.4) is 0 Å². The molecule has 1 fully saturated rings. The number of carbonyl (C=O) groups excluding carboxylic acids is 1. The van der Waals surface area contributed by atoms with Gasteiger partial charge in [0.2, 0.25) is 5.91 Å². The van der Waals surface area contributed by atoms with E-state index >= 15 is 0 Å². The van der Waals surface area contributed by atoms with Gasteiger partial charge in [0.15, 0.2) is 0 Å². The van der Waals surface area contributed by atoms with E-state index in [2.05, 4.69) is 17.5 Å². The molecule has 2 aliphatic rings. The third-order valence-corrected chi connectivity index (χ3v) is 3.72. The molecule has 2 rings (SSSR count). The summed E-state index contributed by atoms with van der Waals surface area (Å²) < 4.78 is -0.113. The molecule has 0 saturated carbocycles. The molecule has 0 atom stereocenters. The van der Waals surface area contributed by atoms with Crippen LogP contribution in [-0.4, -0.2) is 23.0 Å². The second-order valence-electron chi connectivity index (χ2n) is 2.98. The molecule has 2 nitrogen and oxygen atoms in total. The molecule has 0 unspecified atom stereocenters. The summed E-state index contributed by atoms with van der Waals surface area (Å²) in [6.45, 7) is 0.839. The molecule has 0 aromatic heterocycles. The van der Waals surface area contributed by atoms with Crippen LogP contribution in [-0.2, 0) is 4.79 Å². The van der Waals surface area contributed by atoms with Gasteiger partial charge in [-0.05, 0) is 12.8 Å². The lowest BCUT2D eigenvalue weighted by Gasteiger charge is -2.31. The number of rotatable bonds is 0. The van der Waals surface area contributed by atoms with Crippen LogP contribution in [0.25, 0.3) is 0 Å². The molecule has 0 aromatic rings. The van der Waals surface area contributed by atoms with Gasteiger partial charge in [0.25, 0.3) is 0 Å². The molecule has 1 aliphatic heterocycles. The summed E-state index contributed by atoms with van der Waals surface area (Å²) in [5.74, 6) is 1.30. The Morgan fingerprint density at radius 1 is 1.45 bits per heavy atom. The van der Waals surface area contributed by atoms with E-state index < -0.39 is 0 Å². The summed E-state index contributed by atoms with van der Waals surface area (Å²) in [6.07, 6.45) is 6.06. The van der Waals surface area contributed by atoms with Crippen molar-refractivity contribution in [1.82, 2.24) is 5.32 Å². The van der Waals surface area contributed by atoms with E-state index in [1.807, 2.05) is 0 Å². The maximum atomic E-state index is 11.4. The molecule has 1 saturated heterocycles. The number of hydrogen-bond acceptors (Lipinski definition) is 2. The van der Waals surface area contributed by atoms with Crippen molar-refractivity contribution in [3.8, 4) is 0 Å². The van der Waals surface area contributed by atoms with Crippen LogP contribution in [0, 0.1) is 0 Å². The fourth-order valence-electron chi connectivity index (χ4n) is 1.57. The predicted octanol–water partition coefficient (Wildman–Crippen LogP) is 0.938. The maximum Gasteiger partial charge on any atom is 0.236 e. The van der Waals surface area contributed by atoms with E-state index in [4.69, 9.17) is 0 Å². The second-order valence-corrected chi connectivity index (χ2v) is 4.46. The quantitative estimate of drug-likeness (QED) is 0.547. The van der Waals surface area contributed by atoms with Crippen molar-refractivity contribution in [3.05, 3.63) is 12.2 Å². The SMILES string of the molecule is O=C1NCCSC12CC=CC2. The Morgan fingerprint density at radius 2 is 2.18 bits per heavy atom. The Kier molecular flexibility index (Phi) is 1.68. The van der Waals surface area contributed by atoms with E-state index in [1.165, 1.54) is 0 Å². The fourth-order valence-corrected chi connectivity index (χ4v) is 2.80. The third-order valence-electron chi connectivity index (χ3n) is 2.24. The van der Waals surface area contributed by atoms with Gasteiger partial charge in [0.05, 0.1) is 0 Å². The highest BCUT2D eigenvalue weighted by Gasteiger charge is 2.41. The van der Waals surface area contributed by atoms with Gasteiger partial charge in [-0.25, -0.2) is 0 Å². The van der Waals surface area contributed by atoms with Crippen molar-refractivity contribution in [3.63, 3.8) is 0 Å². The first-order valence-corrected chi connectivity index (χ1v) is 4.89. The highest BCUT2D eigenvalue weighted by Crippen LogP contribution is 2.39. The monoisotopic (exact) mass is 169 g/mol. The van der Waals surface area contributed by atoms with E-state index in [0.717, 1.165) is 25.1 Å². The Bertz CT molecular complexity index is 204. The molecule has 0 bridgehead atoms. The zero-order valence-corrected chi connectivity index (χ0v) is 7.12. The summed E-state index contributed by atoms with van der Waals surface area (Å²) in [5.41, 5.74) is 0. The minimum absolute atomic E-state index is 0.113. The van der Waals surface area contributed by atoms with Crippen LogP contribution in [0.15, 0.2) is 12.2 Å². The highest BCUT2D eigenvalue weighted by molar-refractivity contribution is 8.01. The smallest absolute Gasteiger partial charge is 0.236 e. The van der Waals surface area contributed by atoms with Crippen molar-refractivity contribution in [2.45, 2.75) is 17.6 Å². The van der Waals surface area contributed by atoms with E-state index in [-0.39, 0.29) is 10.7 Å². The topological polar surface area (TPSA) is 29.1 Å². The molecule has 1 N–H and O–H groups in total. The Hall–Kier alpha value is -0.440. The number of hydrogen-bond donors (Lipinski definition) is 1. The van der Waals surface area contributed by atoms with Gasteiger partial charge in [-0.3, -0.25) is 4.79 Å². The fraction of sp³-hybridized carbons (Fsp3) is 0.625. The van der Waals surface area contributed by atoms with Crippen LogP contribution >= 0.6 is 11.8 Å². The first-order valence-electron chi connectivity index (χ1n) is 3.91. The highest BCUT2D eigenvalue weighted by atomic mass is 32.2. The molecule has 0 aromatic carbocycles. The molecule has 1 amide bonds. The lowest BCUT2D eigenvalue weighted by molar-refractivity contribution is -0.123. The molecular weight excluding hydrogens is 158 g/mol. The average Bonchev–Trinajstić information content (AvgIpc) is 2.46. The van der Waals surface area contributed by atoms with Gasteiger partial charge in [-0.1, -0.05) is 12.2 Å². The molecule has 1 spiro atoms. The van der Waals surface area contributed by atoms with Crippen LogP contribution in [0.2, 0.25) is 0 Å². The first-order chi connectivity index (χ1) is 5.33. The molecule has 60 valence electrons. The normalized spacial score (nSPS) is 27.5. The molecule has 0 radical (unpaired) electrons. The maximum absolute atomic E-state index is 11.4. The van der Waals surface area contributed by atoms with Crippen molar-refractivity contribution < 1.29 is 4.79 Å². The number of allylic oxidation sites excluding steroid dienone is 2. The van der Waals surface area contributed by atoms with Crippen LogP contribution in [0.4, 0.5) is 0 Å². The minimum atomic E-state index is -0.113. The summed E-state index contributed by atoms with van der Waals surface area (Å²) >= 11 is 1.81. The van der Waals surface area contributed by atoms with E-state index in [0.29, 0.717) is 0 Å². The lowest BCUT2D eigenvalue weighted by atomic mass is 10.1. The van der Waals surface area contributed by atoms with Gasteiger partial charge in [0.1, 0.15) is 4.75 Å². The van der Waals surface area contributed by atoms with Gasteiger partial charge < -0.3 is 5.32 Å². The van der Waals surface area contributed by atoms with Crippen LogP contribution in [0.5, 0.6) is 0 Å². The molecular formula is C8H11NOS. The Balaban J connectivity index is 2.15. The Labute approximate surface area is 70.4 Å². The largest absolute Gasteiger partial charge is 0.354 e. The third kappa shape index (κ3) is 1.07. The molecule has 1 heterocycles. The second kappa shape index (κ2) is 2.55. The number of carbonyl (C=O) groups is 1. The number of nitrogens with one attached hydrogen (secondary N) is 1. The number of amides is 1. The molecule has 11 heavy (non-hydrogen) atoms. The lowest BCUT2D eigenvalue weighted by Crippen LogP contribution is -2.47. The summed E-state index contributed by atoms with van der Waals surface area (Å²) in [5, 5.41) is 2.92. The van der Waals surface area contributed by atoms with Gasteiger partial charge in [-0.2, -0.15) is 0 Å². The first kappa shape index (κ1) is 7.22. The zero-order chi connectivity index (χ0) is 7.73. The average molecular weight is 169 g/mol. The van der Waals surface area contributed by atoms with Crippen molar-refractivity contribution in [2.24, 2.45) is 0 Å². The number of thioether (sulfide) groups is 1. The summed E-state index contributed by atoms with van der Waals surface area (Å²) in [7, 11) is 0. The minimum Gasteiger partial charge on any atom is -0.354 e. The summed E-state index contributed by atoms with van der Waals surface area (Å²) in [4.78, 5) is 11.4. The molecule has 3 heteroatoms. The molecule has 1 aliphatic carbocycles. The summed E-state index contributed by atoms with van der Waals surface area (Å²) in [6, 6.07) is 0. The van der Waals surface area contributed by atoms with Crippen LogP contribution < -0.4 is 5.32 Å². The predicted molar refractivity (Wildman–Crippen MR) is 46.6 cm³/mol. The van der Waals surface area contributed by atoms with Crippen LogP contribution in [0.1, 0.15) is 12.8 Å². The van der Waals surface area contributed by atoms with Gasteiger partial charge >= 0.3 is 0 Å². The standard InChI is InChI=1S/C8H11NOS/c10-7-8(3-1-2-4-8)11-6-5-9-7/h1-2H,3-6H2,(H,9,10). The van der Waals surface area contributed by atoms with E-state index in [9.17, 15) is 4.79 Å². The van der Waals surface area contributed by atoms with Gasteiger partial charge in [-0.15, -0.1) is 11.8 Å². The van der Waals surface area contributed by atoms with E-state index in [1.54, 1.807) is 11.8 Å². The zero-order valence-electron chi connectivity index (χ0n) is 6.30. The van der Waals surface area contributed by atoms with Crippen molar-refractivity contribution in [2.75, 3.05) is 12.3 Å². The van der Waals surface area contributed by atoms with Crippen molar-refractivity contribution >= 4 is 17.7 Å². The van der Waals surface area contributed by atoms with Crippen molar-refractivity contribution in [1.29, 1.82) is 0 Å². The Morgan fingerprint density at radius 3 is 2.82 bits per heavy atom.